The van der Waals surface area contributed by atoms with Crippen molar-refractivity contribution < 1.29 is 19.4 Å². The maximum absolute atomic E-state index is 12.9. The van der Waals surface area contributed by atoms with Gasteiger partial charge in [0.25, 0.3) is 5.91 Å². The molecule has 2 fully saturated rings. The monoisotopic (exact) mass is 344 g/mol. The number of aliphatic carboxylic acids is 1. The molecule has 2 aliphatic rings. The van der Waals surface area contributed by atoms with Crippen molar-refractivity contribution in [2.24, 2.45) is 18.4 Å². The molecule has 1 N–H and O–H groups in total. The third kappa shape index (κ3) is 2.31. The summed E-state index contributed by atoms with van der Waals surface area (Å²) in [6, 6.07) is 1.79. The van der Waals surface area contributed by atoms with E-state index >= 15 is 0 Å². The lowest BCUT2D eigenvalue weighted by Gasteiger charge is -2.33. The van der Waals surface area contributed by atoms with E-state index in [0.717, 1.165) is 16.7 Å². The van der Waals surface area contributed by atoms with Gasteiger partial charge in [0.2, 0.25) is 0 Å². The van der Waals surface area contributed by atoms with Gasteiger partial charge in [0.15, 0.2) is 5.65 Å². The second-order valence-corrected chi connectivity index (χ2v) is 6.97. The van der Waals surface area contributed by atoms with Crippen LogP contribution in [0, 0.1) is 18.3 Å². The number of likely N-dealkylation sites (tertiary alicyclic amines) is 1. The molecular weight excluding hydrogens is 324 g/mol. The molecule has 0 bridgehead atoms. The van der Waals surface area contributed by atoms with Gasteiger partial charge in [-0.05, 0) is 19.4 Å². The zero-order chi connectivity index (χ0) is 17.8. The number of nitrogens with zero attached hydrogens (tertiary/aromatic N) is 4. The number of carboxylic acid groups (broad SMARTS) is 1. The highest BCUT2D eigenvalue weighted by Crippen LogP contribution is 2.42. The summed E-state index contributed by atoms with van der Waals surface area (Å²) in [5.74, 6) is -1.19. The molecule has 2 aromatic rings. The Morgan fingerprint density at radius 3 is 2.96 bits per heavy atom. The number of carboxylic acids is 1. The summed E-state index contributed by atoms with van der Waals surface area (Å²) in [5.41, 5.74) is 1.10. The van der Waals surface area contributed by atoms with Gasteiger partial charge in [0.05, 0.1) is 23.3 Å². The van der Waals surface area contributed by atoms with Crippen LogP contribution < -0.4 is 0 Å². The predicted octanol–water partition coefficient (Wildman–Crippen LogP) is 0.840. The van der Waals surface area contributed by atoms with Crippen LogP contribution in [0.4, 0.5) is 0 Å². The maximum Gasteiger partial charge on any atom is 0.311 e. The van der Waals surface area contributed by atoms with Crippen LogP contribution in [-0.4, -0.2) is 63.0 Å². The first kappa shape index (κ1) is 16.0. The molecule has 25 heavy (non-hydrogen) atoms. The van der Waals surface area contributed by atoms with Gasteiger partial charge >= 0.3 is 5.97 Å². The van der Waals surface area contributed by atoms with E-state index in [4.69, 9.17) is 4.74 Å². The van der Waals surface area contributed by atoms with Crippen LogP contribution >= 0.6 is 0 Å². The van der Waals surface area contributed by atoms with Gasteiger partial charge in [-0.25, -0.2) is 4.98 Å². The molecule has 8 nitrogen and oxygen atoms in total. The number of hydrogen-bond donors (Lipinski definition) is 1. The second kappa shape index (κ2) is 5.52. The Balaban J connectivity index is 1.65. The minimum absolute atomic E-state index is 0.167. The SMILES string of the molecule is Cc1nn(C)c2ncc(C(=O)N3C[C@H]4COCC[C@@]4(C(=O)O)C3)cc12. The summed E-state index contributed by atoms with van der Waals surface area (Å²) in [5, 5.41) is 14.9. The van der Waals surface area contributed by atoms with Gasteiger partial charge in [-0.3, -0.25) is 14.3 Å². The molecule has 2 aromatic heterocycles. The normalized spacial score (nSPS) is 26.0. The standard InChI is InChI=1S/C17H20N4O4/c1-10-13-5-11(6-18-14(13)20(2)19-10)15(22)21-7-12-8-25-4-3-17(12,9-21)16(23)24/h5-6,12H,3-4,7-9H2,1-2H3,(H,23,24)/t12-,17+/m0/s1. The molecule has 4 rings (SSSR count). The van der Waals surface area contributed by atoms with Crippen molar-refractivity contribution in [1.82, 2.24) is 19.7 Å². The van der Waals surface area contributed by atoms with Crippen molar-refractivity contribution >= 4 is 22.9 Å². The minimum Gasteiger partial charge on any atom is -0.481 e. The molecule has 0 radical (unpaired) electrons. The number of aryl methyl sites for hydroxylation is 2. The zero-order valence-electron chi connectivity index (χ0n) is 14.2. The lowest BCUT2D eigenvalue weighted by Crippen LogP contribution is -2.45. The number of ether oxygens (including phenoxy) is 1. The number of pyridine rings is 1. The van der Waals surface area contributed by atoms with Crippen LogP contribution in [0.15, 0.2) is 12.3 Å². The number of rotatable bonds is 2. The summed E-state index contributed by atoms with van der Waals surface area (Å²) in [7, 11) is 1.81. The van der Waals surface area contributed by atoms with E-state index < -0.39 is 11.4 Å². The molecule has 0 spiro atoms. The lowest BCUT2D eigenvalue weighted by molar-refractivity contribution is -0.157. The Hall–Kier alpha value is -2.48. The van der Waals surface area contributed by atoms with Gasteiger partial charge in [0, 0.05) is 44.2 Å². The number of carbonyl (C=O) groups excluding carboxylic acids is 1. The van der Waals surface area contributed by atoms with Crippen LogP contribution in [0.5, 0.6) is 0 Å². The summed E-state index contributed by atoms with van der Waals surface area (Å²) in [4.78, 5) is 30.8. The fourth-order valence-corrected chi connectivity index (χ4v) is 4.06. The number of aromatic nitrogens is 3. The maximum atomic E-state index is 12.9. The topological polar surface area (TPSA) is 97.5 Å². The summed E-state index contributed by atoms with van der Waals surface area (Å²) < 4.78 is 7.12. The Labute approximate surface area is 144 Å². The van der Waals surface area contributed by atoms with Crippen molar-refractivity contribution in [3.8, 4) is 0 Å². The molecular formula is C17H20N4O4. The average Bonchev–Trinajstić information content (AvgIpc) is 3.13. The fraction of sp³-hybridized carbons (Fsp3) is 0.529. The van der Waals surface area contributed by atoms with E-state index in [-0.39, 0.29) is 18.4 Å². The van der Waals surface area contributed by atoms with E-state index in [1.54, 1.807) is 15.6 Å². The molecule has 8 heteroatoms. The molecule has 2 saturated heterocycles. The molecule has 2 atom stereocenters. The Morgan fingerprint density at radius 2 is 2.24 bits per heavy atom. The average molecular weight is 344 g/mol. The van der Waals surface area contributed by atoms with E-state index in [1.807, 2.05) is 14.0 Å². The van der Waals surface area contributed by atoms with Crippen molar-refractivity contribution in [3.05, 3.63) is 23.5 Å². The molecule has 0 unspecified atom stereocenters. The summed E-state index contributed by atoms with van der Waals surface area (Å²) >= 11 is 0. The van der Waals surface area contributed by atoms with Crippen LogP contribution in [-0.2, 0) is 16.6 Å². The van der Waals surface area contributed by atoms with Crippen LogP contribution in [0.3, 0.4) is 0 Å². The molecule has 0 aliphatic carbocycles. The first-order valence-electron chi connectivity index (χ1n) is 8.32. The molecule has 2 aliphatic heterocycles. The Bertz CT molecular complexity index is 877. The van der Waals surface area contributed by atoms with Gasteiger partial charge in [-0.15, -0.1) is 0 Å². The number of hydrogen-bond acceptors (Lipinski definition) is 5. The second-order valence-electron chi connectivity index (χ2n) is 6.97. The van der Waals surface area contributed by atoms with Gasteiger partial charge < -0.3 is 14.7 Å². The Kier molecular flexibility index (Phi) is 3.54. The first-order chi connectivity index (χ1) is 11.9. The van der Waals surface area contributed by atoms with Crippen LogP contribution in [0.25, 0.3) is 11.0 Å². The van der Waals surface area contributed by atoms with Crippen LogP contribution in [0.1, 0.15) is 22.5 Å². The van der Waals surface area contributed by atoms with Crippen molar-refractivity contribution in [2.75, 3.05) is 26.3 Å². The van der Waals surface area contributed by atoms with Crippen molar-refractivity contribution in [1.29, 1.82) is 0 Å². The van der Waals surface area contributed by atoms with E-state index in [2.05, 4.69) is 10.1 Å². The summed E-state index contributed by atoms with van der Waals surface area (Å²) in [6.45, 7) is 3.30. The van der Waals surface area contributed by atoms with E-state index in [0.29, 0.717) is 31.7 Å². The van der Waals surface area contributed by atoms with Crippen molar-refractivity contribution in [3.63, 3.8) is 0 Å². The largest absolute Gasteiger partial charge is 0.481 e. The number of carbonyl (C=O) groups is 2. The quantitative estimate of drug-likeness (QED) is 0.867. The van der Waals surface area contributed by atoms with Gasteiger partial charge in [-0.2, -0.15) is 5.10 Å². The first-order valence-corrected chi connectivity index (χ1v) is 8.32. The van der Waals surface area contributed by atoms with Crippen LogP contribution in [0.2, 0.25) is 0 Å². The third-order valence-corrected chi connectivity index (χ3v) is 5.53. The Morgan fingerprint density at radius 1 is 1.44 bits per heavy atom. The molecule has 1 amide bonds. The van der Waals surface area contributed by atoms with Gasteiger partial charge in [-0.1, -0.05) is 0 Å². The molecule has 132 valence electrons. The molecule has 4 heterocycles. The number of fused-ring (bicyclic) bond motifs is 2. The highest BCUT2D eigenvalue weighted by molar-refractivity contribution is 5.98. The molecule has 0 saturated carbocycles. The van der Waals surface area contributed by atoms with E-state index in [9.17, 15) is 14.7 Å². The smallest absolute Gasteiger partial charge is 0.311 e. The fourth-order valence-electron chi connectivity index (χ4n) is 4.06. The predicted molar refractivity (Wildman–Crippen MR) is 88.1 cm³/mol. The number of amides is 1. The summed E-state index contributed by atoms with van der Waals surface area (Å²) in [6.07, 6.45) is 1.98. The highest BCUT2D eigenvalue weighted by atomic mass is 16.5. The van der Waals surface area contributed by atoms with Gasteiger partial charge in [0.1, 0.15) is 0 Å². The molecule has 0 aromatic carbocycles. The minimum atomic E-state index is -0.893. The third-order valence-electron chi connectivity index (χ3n) is 5.53. The van der Waals surface area contributed by atoms with E-state index in [1.165, 1.54) is 6.20 Å². The lowest BCUT2D eigenvalue weighted by atomic mass is 9.74. The van der Waals surface area contributed by atoms with Crippen molar-refractivity contribution in [2.45, 2.75) is 13.3 Å². The zero-order valence-corrected chi connectivity index (χ0v) is 14.2. The highest BCUT2D eigenvalue weighted by Gasteiger charge is 2.55.